The molecule has 98 valence electrons. The van der Waals surface area contributed by atoms with Crippen molar-refractivity contribution in [3.63, 3.8) is 0 Å². The molecule has 0 aromatic carbocycles. The smallest absolute Gasteiger partial charge is 0.259 e. The lowest BCUT2D eigenvalue weighted by atomic mass is 10.3. The highest BCUT2D eigenvalue weighted by molar-refractivity contribution is 5.82. The summed E-state index contributed by atoms with van der Waals surface area (Å²) in [4.78, 5) is 29.7. The van der Waals surface area contributed by atoms with Crippen LogP contribution in [0.1, 0.15) is 5.56 Å². The van der Waals surface area contributed by atoms with Gasteiger partial charge in [-0.2, -0.15) is 0 Å². The van der Waals surface area contributed by atoms with Crippen LogP contribution in [0.4, 0.5) is 5.82 Å². The Hall–Kier alpha value is -2.37. The number of anilines is 1. The number of nitrogens with one attached hydrogen (secondary N) is 1. The summed E-state index contributed by atoms with van der Waals surface area (Å²) in [5, 5.41) is 2.75. The number of fused-ring (bicyclic) bond motifs is 1. The zero-order valence-electron chi connectivity index (χ0n) is 10.6. The van der Waals surface area contributed by atoms with Crippen LogP contribution in [0.2, 0.25) is 0 Å². The number of rotatable bonds is 1. The highest BCUT2D eigenvalue weighted by Gasteiger charge is 2.18. The number of amides is 1. The van der Waals surface area contributed by atoms with E-state index in [0.29, 0.717) is 24.6 Å². The minimum absolute atomic E-state index is 0.0443. The third-order valence-corrected chi connectivity index (χ3v) is 3.16. The molecule has 1 aliphatic heterocycles. The van der Waals surface area contributed by atoms with Crippen molar-refractivity contribution in [3.8, 4) is 0 Å². The van der Waals surface area contributed by atoms with Crippen molar-refractivity contribution in [2.24, 2.45) is 0 Å². The topological polar surface area (TPSA) is 66.7 Å². The number of hydrogen-bond donors (Lipinski definition) is 1. The number of pyridine rings is 1. The van der Waals surface area contributed by atoms with Gasteiger partial charge < -0.3 is 10.2 Å². The van der Waals surface area contributed by atoms with Gasteiger partial charge in [-0.05, 0) is 18.6 Å². The number of nitrogens with zero attached hydrogens (tertiary/aromatic N) is 3. The minimum Gasteiger partial charge on any atom is -0.353 e. The van der Waals surface area contributed by atoms with Crippen LogP contribution in [0.5, 0.6) is 0 Å². The SMILES string of the molecule is Cc1ccc2nc(N3CCNC(=O)C3)cc(=O)n2c1. The van der Waals surface area contributed by atoms with E-state index in [-0.39, 0.29) is 18.0 Å². The molecule has 3 heterocycles. The third kappa shape index (κ3) is 2.16. The van der Waals surface area contributed by atoms with Crippen LogP contribution in [-0.4, -0.2) is 34.9 Å². The van der Waals surface area contributed by atoms with Gasteiger partial charge in [0.15, 0.2) is 0 Å². The molecule has 0 bridgehead atoms. The molecule has 0 saturated carbocycles. The van der Waals surface area contributed by atoms with Gasteiger partial charge in [-0.3, -0.25) is 14.0 Å². The van der Waals surface area contributed by atoms with Crippen molar-refractivity contribution in [1.29, 1.82) is 0 Å². The van der Waals surface area contributed by atoms with Crippen LogP contribution in [-0.2, 0) is 4.79 Å². The van der Waals surface area contributed by atoms with E-state index < -0.39 is 0 Å². The molecule has 2 aromatic rings. The lowest BCUT2D eigenvalue weighted by Crippen LogP contribution is -2.48. The summed E-state index contributed by atoms with van der Waals surface area (Å²) in [6.45, 7) is 3.41. The molecule has 0 atom stereocenters. The molecule has 1 N–H and O–H groups in total. The van der Waals surface area contributed by atoms with E-state index in [9.17, 15) is 9.59 Å². The molecule has 2 aromatic heterocycles. The Morgan fingerprint density at radius 2 is 2.16 bits per heavy atom. The second-order valence-electron chi connectivity index (χ2n) is 4.66. The van der Waals surface area contributed by atoms with Crippen LogP contribution in [0, 0.1) is 6.92 Å². The second kappa shape index (κ2) is 4.38. The molecule has 0 radical (unpaired) electrons. The maximum atomic E-state index is 12.1. The fourth-order valence-electron chi connectivity index (χ4n) is 2.19. The fraction of sp³-hybridized carbons (Fsp3) is 0.308. The van der Waals surface area contributed by atoms with Crippen LogP contribution in [0.15, 0.2) is 29.2 Å². The van der Waals surface area contributed by atoms with Crippen LogP contribution >= 0.6 is 0 Å². The monoisotopic (exact) mass is 258 g/mol. The quantitative estimate of drug-likeness (QED) is 0.778. The average Bonchev–Trinajstić information content (AvgIpc) is 2.39. The maximum absolute atomic E-state index is 12.1. The summed E-state index contributed by atoms with van der Waals surface area (Å²) < 4.78 is 1.52. The van der Waals surface area contributed by atoms with Crippen LogP contribution in [0.3, 0.4) is 0 Å². The number of carbonyl (C=O) groups is 1. The first-order chi connectivity index (χ1) is 9.13. The lowest BCUT2D eigenvalue weighted by Gasteiger charge is -2.27. The molecule has 6 nitrogen and oxygen atoms in total. The Labute approximate surface area is 109 Å². The van der Waals surface area contributed by atoms with Gasteiger partial charge in [-0.25, -0.2) is 4.98 Å². The van der Waals surface area contributed by atoms with Crippen molar-refractivity contribution >= 4 is 17.4 Å². The summed E-state index contributed by atoms with van der Waals surface area (Å²) in [7, 11) is 0. The average molecular weight is 258 g/mol. The third-order valence-electron chi connectivity index (χ3n) is 3.16. The first-order valence-corrected chi connectivity index (χ1v) is 6.15. The van der Waals surface area contributed by atoms with Gasteiger partial charge in [0.1, 0.15) is 11.5 Å². The van der Waals surface area contributed by atoms with E-state index in [4.69, 9.17) is 0 Å². The predicted octanol–water partition coefficient (Wildman–Crippen LogP) is -0.0609. The maximum Gasteiger partial charge on any atom is 0.259 e. The van der Waals surface area contributed by atoms with Crippen molar-refractivity contribution in [1.82, 2.24) is 14.7 Å². The molecule has 0 aliphatic carbocycles. The normalized spacial score (nSPS) is 15.6. The first-order valence-electron chi connectivity index (χ1n) is 6.15. The van der Waals surface area contributed by atoms with E-state index >= 15 is 0 Å². The number of hydrogen-bond acceptors (Lipinski definition) is 4. The highest BCUT2D eigenvalue weighted by Crippen LogP contribution is 2.11. The molecule has 1 amide bonds. The van der Waals surface area contributed by atoms with Gasteiger partial charge in [0.05, 0.1) is 6.54 Å². The summed E-state index contributed by atoms with van der Waals surface area (Å²) in [5.74, 6) is 0.515. The summed E-state index contributed by atoms with van der Waals surface area (Å²) >= 11 is 0. The number of carbonyl (C=O) groups excluding carboxylic acids is 1. The number of piperazine rings is 1. The van der Waals surface area contributed by atoms with Crippen LogP contribution < -0.4 is 15.8 Å². The number of aromatic nitrogens is 2. The van der Waals surface area contributed by atoms with Gasteiger partial charge in [0.2, 0.25) is 5.91 Å². The minimum atomic E-state index is -0.130. The molecule has 1 saturated heterocycles. The van der Waals surface area contributed by atoms with Crippen LogP contribution in [0.25, 0.3) is 5.65 Å². The van der Waals surface area contributed by atoms with E-state index in [2.05, 4.69) is 10.3 Å². The van der Waals surface area contributed by atoms with E-state index in [0.717, 1.165) is 5.56 Å². The Morgan fingerprint density at radius 1 is 1.32 bits per heavy atom. The predicted molar refractivity (Wildman–Crippen MR) is 71.4 cm³/mol. The Morgan fingerprint density at radius 3 is 2.95 bits per heavy atom. The van der Waals surface area contributed by atoms with Crippen molar-refractivity contribution in [2.75, 3.05) is 24.5 Å². The number of aryl methyl sites for hydroxylation is 1. The first kappa shape index (κ1) is 11.7. The Kier molecular flexibility index (Phi) is 2.70. The Bertz CT molecular complexity index is 707. The molecule has 6 heteroatoms. The van der Waals surface area contributed by atoms with Gasteiger partial charge in [0.25, 0.3) is 5.56 Å². The van der Waals surface area contributed by atoms with Gasteiger partial charge in [0, 0.05) is 25.4 Å². The van der Waals surface area contributed by atoms with Gasteiger partial charge in [-0.1, -0.05) is 6.07 Å². The lowest BCUT2D eigenvalue weighted by molar-refractivity contribution is -0.120. The molecular formula is C13H14N4O2. The standard InChI is InChI=1S/C13H14N4O2/c1-9-2-3-10-15-11(6-13(19)17(10)7-9)16-5-4-14-12(18)8-16/h2-3,6-7H,4-5,8H2,1H3,(H,14,18). The highest BCUT2D eigenvalue weighted by atomic mass is 16.2. The molecule has 19 heavy (non-hydrogen) atoms. The van der Waals surface area contributed by atoms with Gasteiger partial charge >= 0.3 is 0 Å². The Balaban J connectivity index is 2.08. The van der Waals surface area contributed by atoms with Crippen molar-refractivity contribution < 1.29 is 4.79 Å². The molecule has 3 rings (SSSR count). The molecular weight excluding hydrogens is 244 g/mol. The molecule has 1 aliphatic rings. The zero-order chi connectivity index (χ0) is 13.4. The fourth-order valence-corrected chi connectivity index (χ4v) is 2.19. The second-order valence-corrected chi connectivity index (χ2v) is 4.66. The summed E-state index contributed by atoms with van der Waals surface area (Å²) in [5.41, 5.74) is 1.47. The van der Waals surface area contributed by atoms with Crippen molar-refractivity contribution in [3.05, 3.63) is 40.3 Å². The van der Waals surface area contributed by atoms with Gasteiger partial charge in [-0.15, -0.1) is 0 Å². The van der Waals surface area contributed by atoms with Crippen molar-refractivity contribution in [2.45, 2.75) is 6.92 Å². The largest absolute Gasteiger partial charge is 0.353 e. The molecule has 0 spiro atoms. The summed E-state index contributed by atoms with van der Waals surface area (Å²) in [6, 6.07) is 5.20. The van der Waals surface area contributed by atoms with E-state index in [1.807, 2.05) is 24.0 Å². The summed E-state index contributed by atoms with van der Waals surface area (Å²) in [6.07, 6.45) is 1.76. The van der Waals surface area contributed by atoms with E-state index in [1.165, 1.54) is 10.5 Å². The molecule has 1 fully saturated rings. The zero-order valence-corrected chi connectivity index (χ0v) is 10.6. The van der Waals surface area contributed by atoms with E-state index in [1.54, 1.807) is 6.20 Å². The molecule has 0 unspecified atom stereocenters.